The Morgan fingerprint density at radius 3 is 2.29 bits per heavy atom. The molecular formula is C33H48N6O7S2. The molecule has 0 spiro atoms. The number of alkyl carbamates (subject to hydrolysis) is 1. The highest BCUT2D eigenvalue weighted by molar-refractivity contribution is 7.91. The van der Waals surface area contributed by atoms with Crippen LogP contribution in [0.25, 0.3) is 0 Å². The maximum absolute atomic E-state index is 14.3. The molecule has 4 rings (SSSR count). The number of likely N-dealkylation sites (tertiary alicyclic amines) is 1. The Kier molecular flexibility index (Phi) is 10.8. The zero-order chi connectivity index (χ0) is 35.7. The van der Waals surface area contributed by atoms with E-state index < -0.39 is 79.7 Å². The van der Waals surface area contributed by atoms with Gasteiger partial charge in [0.2, 0.25) is 21.8 Å². The van der Waals surface area contributed by atoms with Crippen molar-refractivity contribution in [3.63, 3.8) is 0 Å². The first kappa shape index (κ1) is 37.1. The first-order valence-electron chi connectivity index (χ1n) is 16.1. The van der Waals surface area contributed by atoms with Gasteiger partial charge in [-0.3, -0.25) is 19.1 Å². The minimum atomic E-state index is -3.87. The zero-order valence-electron chi connectivity index (χ0n) is 28.4. The van der Waals surface area contributed by atoms with Crippen LogP contribution < -0.4 is 26.0 Å². The molecule has 2 aliphatic carbocycles. The van der Waals surface area contributed by atoms with Gasteiger partial charge in [-0.25, -0.2) is 13.2 Å². The van der Waals surface area contributed by atoms with Crippen LogP contribution in [0.2, 0.25) is 0 Å². The van der Waals surface area contributed by atoms with E-state index in [4.69, 9.17) is 17.0 Å². The Morgan fingerprint density at radius 2 is 1.75 bits per heavy atom. The molecular weight excluding hydrogens is 657 g/mol. The molecule has 1 heterocycles. The van der Waals surface area contributed by atoms with Gasteiger partial charge in [-0.05, 0) is 69.7 Å². The average Bonchev–Trinajstić information content (AvgIpc) is 3.90. The number of ether oxygens (including phenoxy) is 1. The van der Waals surface area contributed by atoms with Crippen molar-refractivity contribution in [1.82, 2.24) is 30.9 Å². The fraction of sp³-hybridized carbons (Fsp3) is 0.606. The molecule has 1 aliphatic heterocycles. The van der Waals surface area contributed by atoms with Crippen LogP contribution in [-0.4, -0.2) is 83.3 Å². The summed E-state index contributed by atoms with van der Waals surface area (Å²) in [5, 5.41) is 11.5. The van der Waals surface area contributed by atoms with Crippen LogP contribution in [0.15, 0.2) is 43.0 Å². The molecule has 3 fully saturated rings. The van der Waals surface area contributed by atoms with Crippen LogP contribution in [0.1, 0.15) is 72.8 Å². The van der Waals surface area contributed by atoms with Gasteiger partial charge >= 0.3 is 6.09 Å². The summed E-state index contributed by atoms with van der Waals surface area (Å²) in [6, 6.07) is 7.03. The van der Waals surface area contributed by atoms with Gasteiger partial charge in [-0.15, -0.1) is 6.58 Å². The molecule has 0 aromatic heterocycles. The third kappa shape index (κ3) is 9.24. The monoisotopic (exact) mass is 704 g/mol. The van der Waals surface area contributed by atoms with E-state index in [1.165, 1.54) is 11.0 Å². The predicted octanol–water partition coefficient (Wildman–Crippen LogP) is 2.23. The largest absolute Gasteiger partial charge is 0.444 e. The van der Waals surface area contributed by atoms with E-state index in [9.17, 15) is 27.6 Å². The van der Waals surface area contributed by atoms with Gasteiger partial charge in [0.05, 0.1) is 5.25 Å². The van der Waals surface area contributed by atoms with E-state index in [2.05, 4.69) is 32.6 Å². The SMILES string of the molecule is C=CC1CC1(NC(=O)[C@@H]1C[C@@H](NC(=S)NCc2ccccc2)CN1C(=O)[C@@H](NC(=O)OC(C)(C)C)C(C)(C)C)C(=O)NS(=O)(=O)C1CC1. The molecule has 15 heteroatoms. The summed E-state index contributed by atoms with van der Waals surface area (Å²) < 4.78 is 32.8. The molecule has 1 aromatic rings. The van der Waals surface area contributed by atoms with Gasteiger partial charge in [-0.1, -0.05) is 57.2 Å². The van der Waals surface area contributed by atoms with Crippen LogP contribution in [0.3, 0.4) is 0 Å². The lowest BCUT2D eigenvalue weighted by Gasteiger charge is -2.36. The van der Waals surface area contributed by atoms with Crippen molar-refractivity contribution in [3.8, 4) is 0 Å². The summed E-state index contributed by atoms with van der Waals surface area (Å²) in [4.78, 5) is 55.9. The maximum atomic E-state index is 14.3. The minimum absolute atomic E-state index is 0.0623. The molecule has 4 amide bonds. The Labute approximate surface area is 288 Å². The van der Waals surface area contributed by atoms with Gasteiger partial charge in [0.1, 0.15) is 23.2 Å². The number of thiocarbonyl (C=S) groups is 1. The Bertz CT molecular complexity index is 1540. The van der Waals surface area contributed by atoms with Crippen molar-refractivity contribution in [2.45, 2.75) is 108 Å². The summed E-state index contributed by atoms with van der Waals surface area (Å²) in [5.74, 6) is -2.49. The first-order valence-corrected chi connectivity index (χ1v) is 18.1. The quantitative estimate of drug-likeness (QED) is 0.170. The highest BCUT2D eigenvalue weighted by atomic mass is 32.2. The molecule has 48 heavy (non-hydrogen) atoms. The predicted molar refractivity (Wildman–Crippen MR) is 185 cm³/mol. The maximum Gasteiger partial charge on any atom is 0.408 e. The van der Waals surface area contributed by atoms with Crippen molar-refractivity contribution in [3.05, 3.63) is 48.6 Å². The fourth-order valence-corrected chi connectivity index (χ4v) is 7.31. The lowest BCUT2D eigenvalue weighted by Crippen LogP contribution is -2.60. The van der Waals surface area contributed by atoms with Gasteiger partial charge in [0.25, 0.3) is 5.91 Å². The summed E-state index contributed by atoms with van der Waals surface area (Å²) in [6.07, 6.45) is 1.95. The molecule has 0 bridgehead atoms. The molecule has 1 saturated heterocycles. The highest BCUT2D eigenvalue weighted by Crippen LogP contribution is 2.45. The van der Waals surface area contributed by atoms with Gasteiger partial charge in [0.15, 0.2) is 5.11 Å². The van der Waals surface area contributed by atoms with Crippen molar-refractivity contribution in [2.75, 3.05) is 6.54 Å². The molecule has 5 atom stereocenters. The van der Waals surface area contributed by atoms with E-state index in [0.29, 0.717) is 24.5 Å². The standard InChI is InChI=1S/C33H48N6O7S2/c1-8-21-17-33(21,28(42)38-48(44,45)23-14-15-23)37-26(40)24-16-22(35-29(47)34-18-20-12-10-9-11-13-20)19-39(24)27(41)25(31(2,3)4)36-30(43)46-32(5,6)7/h8-13,21-25H,1,14-19H2,2-7H3,(H,36,43)(H,37,40)(H,38,42)(H2,34,35,47)/t21?,22-,24+,25-,33?/m1/s1. The normalized spacial score (nSPS) is 24.5. The van der Waals surface area contributed by atoms with E-state index >= 15 is 0 Å². The fourth-order valence-electron chi connectivity index (χ4n) is 5.71. The van der Waals surface area contributed by atoms with Gasteiger partial charge in [-0.2, -0.15) is 0 Å². The van der Waals surface area contributed by atoms with Crippen LogP contribution in [0.5, 0.6) is 0 Å². The number of hydrogen-bond acceptors (Lipinski definition) is 8. The minimum Gasteiger partial charge on any atom is -0.444 e. The number of rotatable bonds is 11. The Balaban J connectivity index is 1.56. The summed E-state index contributed by atoms with van der Waals surface area (Å²) in [6.45, 7) is 14.8. The number of nitrogens with zero attached hydrogens (tertiary/aromatic N) is 1. The second-order valence-electron chi connectivity index (χ2n) is 14.9. The zero-order valence-corrected chi connectivity index (χ0v) is 30.1. The summed E-state index contributed by atoms with van der Waals surface area (Å²) in [5.41, 5.74) is -2.10. The Hall–Kier alpha value is -3.72. The van der Waals surface area contributed by atoms with Crippen LogP contribution >= 0.6 is 12.2 Å². The number of sulfonamides is 1. The molecule has 0 radical (unpaired) electrons. The Morgan fingerprint density at radius 1 is 1.10 bits per heavy atom. The van der Waals surface area contributed by atoms with Gasteiger partial charge in [0, 0.05) is 25.0 Å². The molecule has 2 saturated carbocycles. The summed E-state index contributed by atoms with van der Waals surface area (Å²) >= 11 is 5.54. The number of benzene rings is 1. The highest BCUT2D eigenvalue weighted by Gasteiger charge is 2.62. The van der Waals surface area contributed by atoms with E-state index in [1.54, 1.807) is 41.5 Å². The molecule has 13 nitrogen and oxygen atoms in total. The van der Waals surface area contributed by atoms with Crippen LogP contribution in [0, 0.1) is 11.3 Å². The smallest absolute Gasteiger partial charge is 0.408 e. The average molecular weight is 705 g/mol. The number of hydrogen-bond donors (Lipinski definition) is 5. The topological polar surface area (TPSA) is 175 Å². The molecule has 5 N–H and O–H groups in total. The van der Waals surface area contributed by atoms with E-state index in [0.717, 1.165) is 5.56 Å². The van der Waals surface area contributed by atoms with Crippen molar-refractivity contribution >= 4 is 51.2 Å². The van der Waals surface area contributed by atoms with Crippen LogP contribution in [0.4, 0.5) is 4.79 Å². The molecule has 264 valence electrons. The molecule has 3 aliphatic rings. The van der Waals surface area contributed by atoms with E-state index in [1.807, 2.05) is 30.3 Å². The molecule has 2 unspecified atom stereocenters. The number of nitrogens with one attached hydrogen (secondary N) is 5. The van der Waals surface area contributed by atoms with Crippen molar-refractivity contribution < 1.29 is 32.3 Å². The van der Waals surface area contributed by atoms with Crippen molar-refractivity contribution in [1.29, 1.82) is 0 Å². The van der Waals surface area contributed by atoms with Crippen molar-refractivity contribution in [2.24, 2.45) is 11.3 Å². The number of carbonyl (C=O) groups is 4. The lowest BCUT2D eigenvalue weighted by atomic mass is 9.85. The van der Waals surface area contributed by atoms with Gasteiger partial charge < -0.3 is 30.9 Å². The second-order valence-corrected chi connectivity index (χ2v) is 17.2. The third-order valence-electron chi connectivity index (χ3n) is 8.54. The second kappa shape index (κ2) is 14.0. The lowest BCUT2D eigenvalue weighted by molar-refractivity contribution is -0.142. The van der Waals surface area contributed by atoms with E-state index in [-0.39, 0.29) is 19.4 Å². The third-order valence-corrected chi connectivity index (χ3v) is 10.6. The number of carbonyl (C=O) groups excluding carboxylic acids is 4. The summed E-state index contributed by atoms with van der Waals surface area (Å²) in [7, 11) is -3.87. The first-order chi connectivity index (χ1) is 22.3. The molecule has 1 aromatic carbocycles. The number of amides is 4. The van der Waals surface area contributed by atoms with Crippen LogP contribution in [-0.2, 0) is 35.7 Å².